The van der Waals surface area contributed by atoms with E-state index in [2.05, 4.69) is 10.2 Å². The molecular formula is C20H22FN5O4S. The first-order valence-corrected chi connectivity index (χ1v) is 11.3. The van der Waals surface area contributed by atoms with Gasteiger partial charge in [-0.3, -0.25) is 9.48 Å². The number of aliphatic hydroxyl groups is 1. The molecule has 4 rings (SSSR count). The van der Waals surface area contributed by atoms with E-state index in [1.54, 1.807) is 10.7 Å². The number of halogens is 1. The van der Waals surface area contributed by atoms with E-state index < -0.39 is 34.3 Å². The molecule has 0 aliphatic carbocycles. The van der Waals surface area contributed by atoms with Gasteiger partial charge in [0.1, 0.15) is 10.7 Å². The molecule has 31 heavy (non-hydrogen) atoms. The summed E-state index contributed by atoms with van der Waals surface area (Å²) < 4.78 is 42.2. The average Bonchev–Trinajstić information content (AvgIpc) is 3.45. The van der Waals surface area contributed by atoms with E-state index >= 15 is 0 Å². The molecule has 1 aliphatic rings. The minimum absolute atomic E-state index is 0.0370. The zero-order valence-corrected chi connectivity index (χ0v) is 17.7. The number of carbonyl (C=O) groups excluding carboxylic acids is 1. The Bertz CT molecular complexity index is 1200. The van der Waals surface area contributed by atoms with Crippen molar-refractivity contribution in [1.82, 2.24) is 23.9 Å². The first-order chi connectivity index (χ1) is 14.8. The van der Waals surface area contributed by atoms with E-state index in [1.165, 1.54) is 41.7 Å². The number of nitrogens with zero attached hydrogens (tertiary/aromatic N) is 5. The lowest BCUT2D eigenvalue weighted by Crippen LogP contribution is -2.33. The minimum atomic E-state index is -3.89. The van der Waals surface area contributed by atoms with Crippen LogP contribution in [0.2, 0.25) is 0 Å². The van der Waals surface area contributed by atoms with Crippen LogP contribution < -0.4 is 0 Å². The van der Waals surface area contributed by atoms with Crippen LogP contribution in [0, 0.1) is 5.82 Å². The van der Waals surface area contributed by atoms with Gasteiger partial charge in [-0.25, -0.2) is 4.39 Å². The van der Waals surface area contributed by atoms with Crippen molar-refractivity contribution in [1.29, 1.82) is 0 Å². The topological polar surface area (TPSA) is 110 Å². The Morgan fingerprint density at radius 1 is 1.26 bits per heavy atom. The maximum Gasteiger partial charge on any atom is 0.286 e. The standard InChI is InChI=1S/C20H22FN5O4S/c1-2-7-25-11-15(8-22-25)31(29,30)26-10-14-9-24(12-19(14)23-26)20(28)17(13-27)16-5-3-4-6-18(16)21/h3-6,8,10-11,17,27H,2,7,9,12-13H2,1H3/t17-/m1/s1. The fraction of sp³-hybridized carbons (Fsp3) is 0.350. The van der Waals surface area contributed by atoms with Gasteiger partial charge < -0.3 is 10.0 Å². The molecule has 0 unspecified atom stereocenters. The van der Waals surface area contributed by atoms with E-state index in [0.29, 0.717) is 17.8 Å². The lowest BCUT2D eigenvalue weighted by molar-refractivity contribution is -0.134. The molecule has 3 heterocycles. The molecule has 2 aromatic heterocycles. The van der Waals surface area contributed by atoms with Gasteiger partial charge >= 0.3 is 0 Å². The van der Waals surface area contributed by atoms with Gasteiger partial charge in [-0.05, 0) is 12.5 Å². The smallest absolute Gasteiger partial charge is 0.286 e. The normalized spacial score (nSPS) is 14.6. The molecule has 1 atom stereocenters. The van der Waals surface area contributed by atoms with Crippen molar-refractivity contribution in [2.24, 2.45) is 0 Å². The van der Waals surface area contributed by atoms with Gasteiger partial charge in [0.05, 0.1) is 31.0 Å². The number of hydrogen-bond donors (Lipinski definition) is 1. The van der Waals surface area contributed by atoms with Gasteiger partial charge in [-0.1, -0.05) is 25.1 Å². The highest BCUT2D eigenvalue weighted by molar-refractivity contribution is 7.89. The molecule has 1 aliphatic heterocycles. The number of rotatable bonds is 7. The second-order valence-electron chi connectivity index (χ2n) is 7.37. The van der Waals surface area contributed by atoms with E-state index in [4.69, 9.17) is 0 Å². The summed E-state index contributed by atoms with van der Waals surface area (Å²) in [6.45, 7) is 2.25. The second kappa shape index (κ2) is 8.23. The first kappa shape index (κ1) is 21.2. The van der Waals surface area contributed by atoms with E-state index in [1.807, 2.05) is 6.92 Å². The molecule has 0 saturated carbocycles. The summed E-state index contributed by atoms with van der Waals surface area (Å²) in [5.74, 6) is -2.04. The fourth-order valence-corrected chi connectivity index (χ4v) is 4.75. The third kappa shape index (κ3) is 3.86. The van der Waals surface area contributed by atoms with E-state index in [0.717, 1.165) is 10.5 Å². The molecule has 164 valence electrons. The molecule has 0 spiro atoms. The van der Waals surface area contributed by atoms with Crippen LogP contribution in [0.4, 0.5) is 4.39 Å². The summed E-state index contributed by atoms with van der Waals surface area (Å²) in [7, 11) is -3.89. The predicted octanol–water partition coefficient (Wildman–Crippen LogP) is 1.48. The number of aromatic nitrogens is 4. The summed E-state index contributed by atoms with van der Waals surface area (Å²) in [4.78, 5) is 14.4. The summed E-state index contributed by atoms with van der Waals surface area (Å²) in [6, 6.07) is 5.82. The lowest BCUT2D eigenvalue weighted by atomic mass is 9.98. The summed E-state index contributed by atoms with van der Waals surface area (Å²) in [5.41, 5.74) is 1.16. The van der Waals surface area contributed by atoms with Crippen molar-refractivity contribution < 1.29 is 22.7 Å². The molecule has 0 fully saturated rings. The van der Waals surface area contributed by atoms with Crippen LogP contribution >= 0.6 is 0 Å². The number of aryl methyl sites for hydroxylation is 1. The molecule has 11 heteroatoms. The molecule has 1 N–H and O–H groups in total. The van der Waals surface area contributed by atoms with Crippen LogP contribution in [-0.2, 0) is 34.5 Å². The van der Waals surface area contributed by atoms with Crippen LogP contribution in [0.15, 0.2) is 47.8 Å². The van der Waals surface area contributed by atoms with Gasteiger partial charge in [0, 0.05) is 36.6 Å². The zero-order valence-electron chi connectivity index (χ0n) is 16.8. The Labute approximate surface area is 178 Å². The van der Waals surface area contributed by atoms with Gasteiger partial charge in [0.25, 0.3) is 10.0 Å². The van der Waals surface area contributed by atoms with Crippen LogP contribution in [-0.4, -0.2) is 49.9 Å². The predicted molar refractivity (Wildman–Crippen MR) is 108 cm³/mol. The highest BCUT2D eigenvalue weighted by Crippen LogP contribution is 2.28. The Morgan fingerprint density at radius 3 is 2.71 bits per heavy atom. The highest BCUT2D eigenvalue weighted by atomic mass is 32.2. The van der Waals surface area contributed by atoms with Gasteiger partial charge in [-0.15, -0.1) is 0 Å². The highest BCUT2D eigenvalue weighted by Gasteiger charge is 2.34. The van der Waals surface area contributed by atoms with Gasteiger partial charge in [0.2, 0.25) is 5.91 Å². The summed E-state index contributed by atoms with van der Waals surface area (Å²) >= 11 is 0. The van der Waals surface area contributed by atoms with Crippen molar-refractivity contribution in [2.45, 2.75) is 43.8 Å². The first-order valence-electron chi connectivity index (χ1n) is 9.84. The maximum atomic E-state index is 14.1. The molecule has 3 aromatic rings. The number of amides is 1. The largest absolute Gasteiger partial charge is 0.395 e. The Hall–Kier alpha value is -3.05. The van der Waals surface area contributed by atoms with Crippen molar-refractivity contribution >= 4 is 15.9 Å². The zero-order chi connectivity index (χ0) is 22.2. The number of hydrogen-bond acceptors (Lipinski definition) is 6. The van der Waals surface area contributed by atoms with Crippen molar-refractivity contribution in [3.8, 4) is 0 Å². The molecular weight excluding hydrogens is 425 g/mol. The Balaban J connectivity index is 1.52. The monoisotopic (exact) mass is 447 g/mol. The van der Waals surface area contributed by atoms with E-state index in [9.17, 15) is 22.7 Å². The molecule has 1 amide bonds. The maximum absolute atomic E-state index is 14.1. The molecule has 9 nitrogen and oxygen atoms in total. The van der Waals surface area contributed by atoms with Crippen molar-refractivity contribution in [3.63, 3.8) is 0 Å². The number of fused-ring (bicyclic) bond motifs is 1. The third-order valence-electron chi connectivity index (χ3n) is 5.24. The van der Waals surface area contributed by atoms with Crippen molar-refractivity contribution in [2.75, 3.05) is 6.61 Å². The molecule has 0 saturated heterocycles. The van der Waals surface area contributed by atoms with Gasteiger partial charge in [-0.2, -0.15) is 22.7 Å². The Morgan fingerprint density at radius 2 is 2.03 bits per heavy atom. The Kier molecular flexibility index (Phi) is 5.63. The van der Waals surface area contributed by atoms with Crippen LogP contribution in [0.5, 0.6) is 0 Å². The molecule has 0 bridgehead atoms. The summed E-state index contributed by atoms with van der Waals surface area (Å²) in [6.07, 6.45) is 4.95. The van der Waals surface area contributed by atoms with Crippen LogP contribution in [0.1, 0.15) is 36.1 Å². The van der Waals surface area contributed by atoms with Crippen LogP contribution in [0.3, 0.4) is 0 Å². The van der Waals surface area contributed by atoms with Crippen LogP contribution in [0.25, 0.3) is 0 Å². The summed E-state index contributed by atoms with van der Waals surface area (Å²) in [5, 5.41) is 17.9. The third-order valence-corrected chi connectivity index (χ3v) is 6.72. The van der Waals surface area contributed by atoms with Gasteiger partial charge in [0.15, 0.2) is 0 Å². The SMILES string of the molecule is CCCn1cc(S(=O)(=O)n2cc3c(n2)CN(C(=O)[C@H](CO)c2ccccc2F)C3)cn1. The lowest BCUT2D eigenvalue weighted by Gasteiger charge is -2.22. The number of benzene rings is 1. The molecule has 1 aromatic carbocycles. The van der Waals surface area contributed by atoms with E-state index in [-0.39, 0.29) is 23.5 Å². The molecule has 0 radical (unpaired) electrons. The fourth-order valence-electron chi connectivity index (χ4n) is 3.63. The number of carbonyl (C=O) groups is 1. The minimum Gasteiger partial charge on any atom is -0.395 e. The average molecular weight is 447 g/mol. The quantitative estimate of drug-likeness (QED) is 0.588. The second-order valence-corrected chi connectivity index (χ2v) is 9.16. The van der Waals surface area contributed by atoms with Crippen molar-refractivity contribution in [3.05, 3.63) is 65.5 Å². The number of aliphatic hydroxyl groups excluding tert-OH is 1.